The average Bonchev–Trinajstić information content (AvgIpc) is 2.35. The second-order valence-electron chi connectivity index (χ2n) is 5.24. The first-order valence-electron chi connectivity index (χ1n) is 6.53. The second-order valence-corrected chi connectivity index (χ2v) is 7.83. The molecule has 112 valence electrons. The fourth-order valence-electron chi connectivity index (χ4n) is 2.73. The molecule has 1 aliphatic rings. The summed E-state index contributed by atoms with van der Waals surface area (Å²) >= 11 is 11.9. The zero-order valence-corrected chi connectivity index (χ0v) is 13.8. The van der Waals surface area contributed by atoms with Crippen molar-refractivity contribution in [2.45, 2.75) is 50.1 Å². The van der Waals surface area contributed by atoms with Crippen molar-refractivity contribution in [3.8, 4) is 0 Å². The molecule has 2 rings (SSSR count). The number of rotatable bonds is 2. The number of halogens is 2. The molecule has 0 amide bonds. The van der Waals surface area contributed by atoms with E-state index in [2.05, 4.69) is 0 Å². The summed E-state index contributed by atoms with van der Waals surface area (Å²) in [6, 6.07) is 2.80. The standard InChI is InChI=1S/C13H18Cl2N2O2S/c1-8-4-3-5-9(2)17(8)20(18,19)11-7-6-10(14)13(16)12(11)15/h6-9H,3-5,16H2,1-2H3. The number of hydrogen-bond acceptors (Lipinski definition) is 3. The minimum Gasteiger partial charge on any atom is -0.396 e. The van der Waals surface area contributed by atoms with Crippen molar-refractivity contribution in [1.82, 2.24) is 4.31 Å². The normalized spacial score (nSPS) is 24.8. The fourth-order valence-corrected chi connectivity index (χ4v) is 5.36. The molecule has 0 radical (unpaired) electrons. The summed E-state index contributed by atoms with van der Waals surface area (Å²) in [5.41, 5.74) is 5.83. The summed E-state index contributed by atoms with van der Waals surface area (Å²) in [5.74, 6) is 0. The van der Waals surface area contributed by atoms with E-state index in [-0.39, 0.29) is 32.7 Å². The number of benzene rings is 1. The van der Waals surface area contributed by atoms with Gasteiger partial charge in [-0.05, 0) is 38.8 Å². The molecule has 2 atom stereocenters. The van der Waals surface area contributed by atoms with E-state index in [0.717, 1.165) is 19.3 Å². The van der Waals surface area contributed by atoms with E-state index in [0.29, 0.717) is 0 Å². The Kier molecular flexibility index (Phi) is 4.54. The van der Waals surface area contributed by atoms with Gasteiger partial charge in [-0.1, -0.05) is 29.6 Å². The van der Waals surface area contributed by atoms with Crippen molar-refractivity contribution in [3.63, 3.8) is 0 Å². The SMILES string of the molecule is CC1CCCC(C)N1S(=O)(=O)c1ccc(Cl)c(N)c1Cl. The van der Waals surface area contributed by atoms with Crippen LogP contribution in [-0.2, 0) is 10.0 Å². The molecule has 0 aliphatic carbocycles. The molecule has 1 aromatic carbocycles. The van der Waals surface area contributed by atoms with Crippen molar-refractivity contribution >= 4 is 38.9 Å². The van der Waals surface area contributed by atoms with Crippen LogP contribution in [0.1, 0.15) is 33.1 Å². The molecule has 0 bridgehead atoms. The molecule has 0 saturated carbocycles. The second kappa shape index (κ2) is 5.72. The van der Waals surface area contributed by atoms with Crippen LogP contribution in [0, 0.1) is 0 Å². The lowest BCUT2D eigenvalue weighted by molar-refractivity contribution is 0.204. The third-order valence-corrected chi connectivity index (χ3v) is 6.78. The fraction of sp³-hybridized carbons (Fsp3) is 0.538. The Bertz CT molecular complexity index is 609. The van der Waals surface area contributed by atoms with Gasteiger partial charge >= 0.3 is 0 Å². The topological polar surface area (TPSA) is 63.4 Å². The maximum atomic E-state index is 12.8. The maximum Gasteiger partial charge on any atom is 0.245 e. The molecule has 1 saturated heterocycles. The predicted molar refractivity (Wildman–Crippen MR) is 82.7 cm³/mol. The predicted octanol–water partition coefficient (Wildman–Crippen LogP) is 3.53. The first kappa shape index (κ1) is 15.9. The minimum absolute atomic E-state index is 0.00229. The first-order chi connectivity index (χ1) is 9.26. The molecule has 2 unspecified atom stereocenters. The molecular weight excluding hydrogens is 319 g/mol. The number of nitrogen functional groups attached to an aromatic ring is 1. The molecule has 20 heavy (non-hydrogen) atoms. The molecule has 1 heterocycles. The van der Waals surface area contributed by atoms with Gasteiger partial charge in [-0.2, -0.15) is 4.31 Å². The van der Waals surface area contributed by atoms with Crippen molar-refractivity contribution < 1.29 is 8.42 Å². The van der Waals surface area contributed by atoms with Gasteiger partial charge in [0.1, 0.15) is 4.90 Å². The van der Waals surface area contributed by atoms with Crippen LogP contribution in [0.15, 0.2) is 17.0 Å². The van der Waals surface area contributed by atoms with Crippen LogP contribution in [0.5, 0.6) is 0 Å². The number of nitrogens with two attached hydrogens (primary N) is 1. The molecule has 1 aromatic rings. The van der Waals surface area contributed by atoms with E-state index in [1.807, 2.05) is 13.8 Å². The third-order valence-electron chi connectivity index (χ3n) is 3.76. The molecule has 7 heteroatoms. The van der Waals surface area contributed by atoms with Crippen LogP contribution < -0.4 is 5.73 Å². The lowest BCUT2D eigenvalue weighted by Gasteiger charge is -2.37. The molecule has 0 aromatic heterocycles. The number of piperidine rings is 1. The Morgan fingerprint density at radius 1 is 1.20 bits per heavy atom. The van der Waals surface area contributed by atoms with Crippen LogP contribution in [0.2, 0.25) is 10.0 Å². The number of nitrogens with zero attached hydrogens (tertiary/aromatic N) is 1. The molecule has 1 fully saturated rings. The molecule has 4 nitrogen and oxygen atoms in total. The van der Waals surface area contributed by atoms with Gasteiger partial charge in [-0.15, -0.1) is 0 Å². The summed E-state index contributed by atoms with van der Waals surface area (Å²) in [4.78, 5) is 0.0293. The van der Waals surface area contributed by atoms with E-state index in [1.54, 1.807) is 0 Å². The van der Waals surface area contributed by atoms with Gasteiger partial charge < -0.3 is 5.73 Å². The van der Waals surface area contributed by atoms with Crippen molar-refractivity contribution in [2.75, 3.05) is 5.73 Å². The van der Waals surface area contributed by atoms with Crippen LogP contribution in [0.25, 0.3) is 0 Å². The van der Waals surface area contributed by atoms with Gasteiger partial charge in [-0.3, -0.25) is 0 Å². The lowest BCUT2D eigenvalue weighted by atomic mass is 10.0. The van der Waals surface area contributed by atoms with Crippen LogP contribution in [0.3, 0.4) is 0 Å². The van der Waals surface area contributed by atoms with Crippen molar-refractivity contribution in [1.29, 1.82) is 0 Å². The van der Waals surface area contributed by atoms with E-state index in [9.17, 15) is 8.42 Å². The van der Waals surface area contributed by atoms with Gasteiger partial charge in [-0.25, -0.2) is 8.42 Å². The van der Waals surface area contributed by atoms with Crippen molar-refractivity contribution in [3.05, 3.63) is 22.2 Å². The Morgan fingerprint density at radius 2 is 1.75 bits per heavy atom. The maximum absolute atomic E-state index is 12.8. The Morgan fingerprint density at radius 3 is 2.30 bits per heavy atom. The van der Waals surface area contributed by atoms with E-state index in [1.165, 1.54) is 16.4 Å². The minimum atomic E-state index is -3.67. The average molecular weight is 337 g/mol. The summed E-state index contributed by atoms with van der Waals surface area (Å²) in [6.45, 7) is 3.83. The van der Waals surface area contributed by atoms with Gasteiger partial charge in [0.25, 0.3) is 0 Å². The van der Waals surface area contributed by atoms with Gasteiger partial charge in [0.05, 0.1) is 15.7 Å². The molecule has 0 spiro atoms. The van der Waals surface area contributed by atoms with E-state index >= 15 is 0 Å². The van der Waals surface area contributed by atoms with Crippen LogP contribution in [-0.4, -0.2) is 24.8 Å². The first-order valence-corrected chi connectivity index (χ1v) is 8.73. The van der Waals surface area contributed by atoms with E-state index < -0.39 is 10.0 Å². The van der Waals surface area contributed by atoms with Crippen LogP contribution >= 0.6 is 23.2 Å². The highest BCUT2D eigenvalue weighted by Gasteiger charge is 2.37. The largest absolute Gasteiger partial charge is 0.396 e. The van der Waals surface area contributed by atoms with E-state index in [4.69, 9.17) is 28.9 Å². The smallest absolute Gasteiger partial charge is 0.245 e. The molecule has 2 N–H and O–H groups in total. The number of anilines is 1. The molecule has 1 aliphatic heterocycles. The van der Waals surface area contributed by atoms with Gasteiger partial charge in [0, 0.05) is 12.1 Å². The summed E-state index contributed by atoms with van der Waals surface area (Å²) in [6.07, 6.45) is 2.74. The van der Waals surface area contributed by atoms with Crippen molar-refractivity contribution in [2.24, 2.45) is 0 Å². The number of sulfonamides is 1. The van der Waals surface area contributed by atoms with Gasteiger partial charge in [0.2, 0.25) is 10.0 Å². The Balaban J connectivity index is 2.52. The quantitative estimate of drug-likeness (QED) is 0.840. The third kappa shape index (κ3) is 2.64. The monoisotopic (exact) mass is 336 g/mol. The zero-order valence-electron chi connectivity index (χ0n) is 11.4. The highest BCUT2D eigenvalue weighted by Crippen LogP contribution is 2.37. The Hall–Kier alpha value is -0.490. The number of hydrogen-bond donors (Lipinski definition) is 1. The summed E-state index contributed by atoms with van der Waals surface area (Å²) < 4.78 is 27.2. The van der Waals surface area contributed by atoms with Gasteiger partial charge in [0.15, 0.2) is 0 Å². The summed E-state index contributed by atoms with van der Waals surface area (Å²) in [7, 11) is -3.67. The highest BCUT2D eigenvalue weighted by atomic mass is 35.5. The summed E-state index contributed by atoms with van der Waals surface area (Å²) in [5, 5.41) is 0.260. The molecular formula is C13H18Cl2N2O2S. The lowest BCUT2D eigenvalue weighted by Crippen LogP contribution is -2.47. The zero-order chi connectivity index (χ0) is 15.1. The van der Waals surface area contributed by atoms with Crippen LogP contribution in [0.4, 0.5) is 5.69 Å². The Labute approximate surface area is 129 Å². The highest BCUT2D eigenvalue weighted by molar-refractivity contribution is 7.89.